The Labute approximate surface area is 129 Å². The third-order valence-corrected chi connectivity index (χ3v) is 3.91. The lowest BCUT2D eigenvalue weighted by molar-refractivity contribution is 0.191. The summed E-state index contributed by atoms with van der Waals surface area (Å²) in [5, 5.41) is 0. The average molecular weight is 351 g/mol. The molecule has 1 rings (SSSR count). The van der Waals surface area contributed by atoms with Crippen LogP contribution in [0, 0.1) is 0 Å². The van der Waals surface area contributed by atoms with Crippen LogP contribution in [0.25, 0.3) is 0 Å². The molecule has 1 aromatic carbocycles. The van der Waals surface area contributed by atoms with E-state index in [1.54, 1.807) is 14.2 Å². The summed E-state index contributed by atoms with van der Waals surface area (Å²) in [7, 11) is 3.45. The second-order valence-corrected chi connectivity index (χ2v) is 5.36. The van der Waals surface area contributed by atoms with E-state index in [0.717, 1.165) is 36.2 Å². The number of nitrogens with zero attached hydrogens (tertiary/aromatic N) is 1. The standard InChI is InChI=1S/C14H21BrClNO2/c1-18-8-3-6-17(7-9-19-2)13-5-4-12(11-16)14(15)10-13/h4-5,10H,3,6-9,11H2,1-2H3. The minimum absolute atomic E-state index is 0.516. The van der Waals surface area contributed by atoms with Crippen molar-refractivity contribution in [2.75, 3.05) is 45.4 Å². The van der Waals surface area contributed by atoms with Crippen LogP contribution >= 0.6 is 27.5 Å². The highest BCUT2D eigenvalue weighted by Gasteiger charge is 2.08. The number of hydrogen-bond acceptors (Lipinski definition) is 3. The number of hydrogen-bond donors (Lipinski definition) is 0. The molecular weight excluding hydrogens is 330 g/mol. The molecule has 5 heteroatoms. The van der Waals surface area contributed by atoms with Gasteiger partial charge in [0.05, 0.1) is 6.61 Å². The van der Waals surface area contributed by atoms with Crippen LogP contribution in [0.4, 0.5) is 5.69 Å². The zero-order valence-corrected chi connectivity index (χ0v) is 13.8. The molecule has 0 spiro atoms. The maximum atomic E-state index is 5.87. The van der Waals surface area contributed by atoms with Crippen molar-refractivity contribution in [1.29, 1.82) is 0 Å². The summed E-state index contributed by atoms with van der Waals surface area (Å²) < 4.78 is 11.3. The van der Waals surface area contributed by atoms with Gasteiger partial charge in [0.1, 0.15) is 0 Å². The van der Waals surface area contributed by atoms with Crippen LogP contribution in [-0.4, -0.2) is 40.5 Å². The molecule has 0 heterocycles. The maximum absolute atomic E-state index is 5.87. The second-order valence-electron chi connectivity index (χ2n) is 4.24. The Morgan fingerprint density at radius 3 is 2.47 bits per heavy atom. The molecule has 0 atom stereocenters. The molecule has 3 nitrogen and oxygen atoms in total. The van der Waals surface area contributed by atoms with Crippen LogP contribution in [0.15, 0.2) is 22.7 Å². The zero-order chi connectivity index (χ0) is 14.1. The number of halogens is 2. The number of anilines is 1. The molecule has 0 bridgehead atoms. The molecule has 108 valence electrons. The van der Waals surface area contributed by atoms with Gasteiger partial charge in [-0.3, -0.25) is 0 Å². The first-order chi connectivity index (χ1) is 9.22. The summed E-state index contributed by atoms with van der Waals surface area (Å²) in [5.41, 5.74) is 2.28. The summed E-state index contributed by atoms with van der Waals surface area (Å²) in [4.78, 5) is 2.30. The van der Waals surface area contributed by atoms with Crippen LogP contribution in [0.3, 0.4) is 0 Å². The highest BCUT2D eigenvalue weighted by Crippen LogP contribution is 2.25. The molecule has 0 aliphatic rings. The van der Waals surface area contributed by atoms with Crippen molar-refractivity contribution >= 4 is 33.2 Å². The van der Waals surface area contributed by atoms with Gasteiger partial charge >= 0.3 is 0 Å². The van der Waals surface area contributed by atoms with Gasteiger partial charge in [0.15, 0.2) is 0 Å². The number of benzene rings is 1. The van der Waals surface area contributed by atoms with Gasteiger partial charge in [-0.1, -0.05) is 22.0 Å². The van der Waals surface area contributed by atoms with E-state index in [1.807, 2.05) is 0 Å². The molecule has 0 amide bonds. The number of rotatable bonds is 9. The third-order valence-electron chi connectivity index (χ3n) is 2.89. The smallest absolute Gasteiger partial charge is 0.0637 e. The van der Waals surface area contributed by atoms with E-state index < -0.39 is 0 Å². The van der Waals surface area contributed by atoms with E-state index in [0.29, 0.717) is 12.5 Å². The fourth-order valence-electron chi connectivity index (χ4n) is 1.81. The van der Waals surface area contributed by atoms with Crippen LogP contribution in [0.1, 0.15) is 12.0 Å². The van der Waals surface area contributed by atoms with E-state index in [-0.39, 0.29) is 0 Å². The van der Waals surface area contributed by atoms with Crippen molar-refractivity contribution in [2.24, 2.45) is 0 Å². The van der Waals surface area contributed by atoms with E-state index in [1.165, 1.54) is 5.69 Å². The summed E-state index contributed by atoms with van der Waals surface area (Å²) in [5.74, 6) is 0.516. The minimum Gasteiger partial charge on any atom is -0.385 e. The van der Waals surface area contributed by atoms with Gasteiger partial charge in [-0.2, -0.15) is 0 Å². The maximum Gasteiger partial charge on any atom is 0.0637 e. The lowest BCUT2D eigenvalue weighted by atomic mass is 10.2. The van der Waals surface area contributed by atoms with Crippen LogP contribution in [0.5, 0.6) is 0 Å². The topological polar surface area (TPSA) is 21.7 Å². The fraction of sp³-hybridized carbons (Fsp3) is 0.571. The van der Waals surface area contributed by atoms with Crippen molar-refractivity contribution in [3.8, 4) is 0 Å². The Kier molecular flexibility index (Phi) is 8.46. The number of alkyl halides is 1. The highest BCUT2D eigenvalue weighted by atomic mass is 79.9. The summed E-state index contributed by atoms with van der Waals surface area (Å²) in [6.07, 6.45) is 0.995. The molecule has 0 aromatic heterocycles. The number of methoxy groups -OCH3 is 2. The molecule has 0 N–H and O–H groups in total. The first kappa shape index (κ1) is 16.8. The van der Waals surface area contributed by atoms with E-state index in [2.05, 4.69) is 39.0 Å². The Bertz CT molecular complexity index is 376. The molecule has 0 saturated carbocycles. The number of ether oxygens (including phenoxy) is 2. The van der Waals surface area contributed by atoms with E-state index in [9.17, 15) is 0 Å². The summed E-state index contributed by atoms with van der Waals surface area (Å²) in [6, 6.07) is 6.27. The average Bonchev–Trinajstić information content (AvgIpc) is 2.42. The van der Waals surface area contributed by atoms with Crippen molar-refractivity contribution in [1.82, 2.24) is 0 Å². The Morgan fingerprint density at radius 2 is 1.89 bits per heavy atom. The predicted molar refractivity (Wildman–Crippen MR) is 84.3 cm³/mol. The first-order valence-corrected chi connectivity index (χ1v) is 7.63. The van der Waals surface area contributed by atoms with Crippen LogP contribution in [0.2, 0.25) is 0 Å². The largest absolute Gasteiger partial charge is 0.385 e. The van der Waals surface area contributed by atoms with Crippen molar-refractivity contribution in [3.05, 3.63) is 28.2 Å². The third kappa shape index (κ3) is 5.69. The van der Waals surface area contributed by atoms with Gasteiger partial charge in [0.2, 0.25) is 0 Å². The van der Waals surface area contributed by atoms with Crippen molar-refractivity contribution < 1.29 is 9.47 Å². The lowest BCUT2D eigenvalue weighted by Gasteiger charge is -2.25. The Hall–Kier alpha value is -0.290. The van der Waals surface area contributed by atoms with E-state index >= 15 is 0 Å². The van der Waals surface area contributed by atoms with Crippen LogP contribution in [-0.2, 0) is 15.4 Å². The van der Waals surface area contributed by atoms with E-state index in [4.69, 9.17) is 21.1 Å². The van der Waals surface area contributed by atoms with Crippen molar-refractivity contribution in [2.45, 2.75) is 12.3 Å². The van der Waals surface area contributed by atoms with Gasteiger partial charge in [0.25, 0.3) is 0 Å². The SMILES string of the molecule is COCCCN(CCOC)c1ccc(CCl)c(Br)c1. The van der Waals surface area contributed by atoms with Gasteiger partial charge in [-0.05, 0) is 24.1 Å². The highest BCUT2D eigenvalue weighted by molar-refractivity contribution is 9.10. The molecule has 1 aromatic rings. The molecule has 0 saturated heterocycles. The Balaban J connectivity index is 2.74. The van der Waals surface area contributed by atoms with Gasteiger partial charge in [0, 0.05) is 50.0 Å². The van der Waals surface area contributed by atoms with Crippen molar-refractivity contribution in [3.63, 3.8) is 0 Å². The zero-order valence-electron chi connectivity index (χ0n) is 11.5. The lowest BCUT2D eigenvalue weighted by Crippen LogP contribution is -2.29. The van der Waals surface area contributed by atoms with Gasteiger partial charge in [-0.25, -0.2) is 0 Å². The summed E-state index contributed by atoms with van der Waals surface area (Å²) >= 11 is 9.43. The summed E-state index contributed by atoms with van der Waals surface area (Å²) in [6.45, 7) is 3.29. The van der Waals surface area contributed by atoms with Gasteiger partial charge < -0.3 is 14.4 Å². The Morgan fingerprint density at radius 1 is 1.16 bits per heavy atom. The molecular formula is C14H21BrClNO2. The predicted octanol–water partition coefficient (Wildman–Crippen LogP) is 3.68. The molecule has 0 radical (unpaired) electrons. The molecule has 0 aliphatic heterocycles. The minimum atomic E-state index is 0.516. The quantitative estimate of drug-likeness (QED) is 0.501. The van der Waals surface area contributed by atoms with Gasteiger partial charge in [-0.15, -0.1) is 11.6 Å². The molecule has 0 fully saturated rings. The molecule has 19 heavy (non-hydrogen) atoms. The molecule has 0 unspecified atom stereocenters. The first-order valence-electron chi connectivity index (χ1n) is 6.30. The molecule has 0 aliphatic carbocycles. The van der Waals surface area contributed by atoms with Crippen LogP contribution < -0.4 is 4.90 Å². The second kappa shape index (κ2) is 9.59. The monoisotopic (exact) mass is 349 g/mol. The normalized spacial score (nSPS) is 10.7. The fourth-order valence-corrected chi connectivity index (χ4v) is 2.71.